The normalized spacial score (nSPS) is 11.3. The maximum absolute atomic E-state index is 10.6. The van der Waals surface area contributed by atoms with E-state index in [2.05, 4.69) is 12.3 Å². The lowest BCUT2D eigenvalue weighted by Gasteiger charge is -2.18. The van der Waals surface area contributed by atoms with Gasteiger partial charge in [0.1, 0.15) is 12.4 Å². The Kier molecular flexibility index (Phi) is 6.34. The number of fused-ring (bicyclic) bond motifs is 1. The Bertz CT molecular complexity index is 585. The first-order valence-corrected chi connectivity index (χ1v) is 8.62. The van der Waals surface area contributed by atoms with Crippen molar-refractivity contribution in [2.24, 2.45) is 0 Å². The highest BCUT2D eigenvalue weighted by Gasteiger charge is 2.10. The van der Waals surface area contributed by atoms with Crippen LogP contribution in [0.4, 0.5) is 0 Å². The highest BCUT2D eigenvalue weighted by atomic mass is 32.2. The second-order valence-corrected chi connectivity index (χ2v) is 5.98. The van der Waals surface area contributed by atoms with Crippen LogP contribution in [0, 0.1) is 0 Å². The molecule has 0 saturated heterocycles. The molecule has 0 fully saturated rings. The smallest absolute Gasteiger partial charge is 0.335 e. The number of benzene rings is 2. The maximum atomic E-state index is 10.6. The van der Waals surface area contributed by atoms with Crippen molar-refractivity contribution < 1.29 is 14.6 Å². The third-order valence-electron chi connectivity index (χ3n) is 3.37. The Balaban J connectivity index is 0.000000183. The van der Waals surface area contributed by atoms with Gasteiger partial charge in [-0.2, -0.15) is 11.8 Å². The van der Waals surface area contributed by atoms with Gasteiger partial charge in [-0.05, 0) is 48.6 Å². The molecule has 0 amide bonds. The fourth-order valence-electron chi connectivity index (χ4n) is 2.07. The zero-order valence-electron chi connectivity index (χ0n) is 12.6. The van der Waals surface area contributed by atoms with Gasteiger partial charge in [0.25, 0.3) is 0 Å². The number of carboxylic acid groups (broad SMARTS) is 1. The van der Waals surface area contributed by atoms with Crippen LogP contribution >= 0.6 is 11.8 Å². The monoisotopic (exact) mass is 316 g/mol. The van der Waals surface area contributed by atoms with E-state index in [9.17, 15) is 4.79 Å². The van der Waals surface area contributed by atoms with Crippen LogP contribution in [0.25, 0.3) is 0 Å². The van der Waals surface area contributed by atoms with Gasteiger partial charge in [0.05, 0.1) is 5.56 Å². The number of thioether (sulfide) groups is 1. The molecule has 0 bridgehead atoms. The Hall–Kier alpha value is -1.94. The van der Waals surface area contributed by atoms with Crippen LogP contribution in [0.15, 0.2) is 48.5 Å². The molecule has 22 heavy (non-hydrogen) atoms. The van der Waals surface area contributed by atoms with Gasteiger partial charge in [-0.3, -0.25) is 0 Å². The van der Waals surface area contributed by atoms with Gasteiger partial charge in [-0.15, -0.1) is 0 Å². The molecular formula is C18H20O3S. The first-order chi connectivity index (χ1) is 10.7. The molecule has 3 nitrogen and oxygen atoms in total. The zero-order chi connectivity index (χ0) is 15.8. The van der Waals surface area contributed by atoms with E-state index >= 15 is 0 Å². The lowest BCUT2D eigenvalue weighted by atomic mass is 10.1. The highest BCUT2D eigenvalue weighted by molar-refractivity contribution is 7.98. The number of ether oxygens (including phenoxy) is 1. The molecule has 0 unspecified atom stereocenters. The predicted molar refractivity (Wildman–Crippen MR) is 90.9 cm³/mol. The minimum Gasteiger partial charge on any atom is -0.488 e. The third-order valence-corrected chi connectivity index (χ3v) is 4.07. The average molecular weight is 316 g/mol. The van der Waals surface area contributed by atoms with Crippen LogP contribution in [-0.2, 0) is 13.0 Å². The van der Waals surface area contributed by atoms with Crippen LogP contribution in [0.1, 0.15) is 27.9 Å². The van der Waals surface area contributed by atoms with Crippen molar-refractivity contribution in [2.45, 2.75) is 19.4 Å². The number of carbonyl (C=O) groups is 1. The maximum Gasteiger partial charge on any atom is 0.335 e. The molecule has 4 heteroatoms. The summed E-state index contributed by atoms with van der Waals surface area (Å²) in [7, 11) is 0. The number of rotatable bonds is 5. The number of hydrogen-bond acceptors (Lipinski definition) is 3. The first-order valence-electron chi connectivity index (χ1n) is 7.22. The van der Waals surface area contributed by atoms with Crippen molar-refractivity contribution in [3.63, 3.8) is 0 Å². The molecule has 1 aliphatic rings. The van der Waals surface area contributed by atoms with Gasteiger partial charge in [0, 0.05) is 5.56 Å². The fourth-order valence-corrected chi connectivity index (χ4v) is 2.51. The lowest BCUT2D eigenvalue weighted by molar-refractivity contribution is 0.0697. The van der Waals surface area contributed by atoms with Crippen LogP contribution in [-0.4, -0.2) is 23.1 Å². The van der Waals surface area contributed by atoms with E-state index < -0.39 is 5.97 Å². The van der Waals surface area contributed by atoms with Crippen molar-refractivity contribution >= 4 is 17.7 Å². The summed E-state index contributed by atoms with van der Waals surface area (Å²) in [5.74, 6) is 1.34. The number of carboxylic acids is 1. The molecule has 0 saturated carbocycles. The van der Waals surface area contributed by atoms with E-state index in [-0.39, 0.29) is 0 Å². The van der Waals surface area contributed by atoms with E-state index in [4.69, 9.17) is 9.84 Å². The summed E-state index contributed by atoms with van der Waals surface area (Å²) in [6.45, 7) is 0.802. The average Bonchev–Trinajstić information content (AvgIpc) is 2.50. The summed E-state index contributed by atoms with van der Waals surface area (Å²) in [5.41, 5.74) is 2.90. The number of hydrogen-bond donors (Lipinski definition) is 1. The van der Waals surface area contributed by atoms with E-state index in [0.29, 0.717) is 5.56 Å². The van der Waals surface area contributed by atoms with Crippen LogP contribution < -0.4 is 4.74 Å². The largest absolute Gasteiger partial charge is 0.488 e. The summed E-state index contributed by atoms with van der Waals surface area (Å²) in [4.78, 5) is 10.6. The third kappa shape index (κ3) is 4.81. The van der Waals surface area contributed by atoms with Crippen molar-refractivity contribution in [3.05, 3.63) is 65.2 Å². The number of aromatic carboxylic acids is 1. The second kappa shape index (κ2) is 8.49. The van der Waals surface area contributed by atoms with Crippen LogP contribution in [0.3, 0.4) is 0 Å². The van der Waals surface area contributed by atoms with Crippen LogP contribution in [0.5, 0.6) is 5.75 Å². The molecule has 1 N–H and O–H groups in total. The molecule has 3 rings (SSSR count). The molecule has 116 valence electrons. The van der Waals surface area contributed by atoms with Gasteiger partial charge in [0.15, 0.2) is 0 Å². The summed E-state index contributed by atoms with van der Waals surface area (Å²) >= 11 is 1.83. The van der Waals surface area contributed by atoms with Gasteiger partial charge in [-0.25, -0.2) is 4.79 Å². The minimum atomic E-state index is -0.860. The fraction of sp³-hybridized carbons (Fsp3) is 0.278. The standard InChI is InChI=1S/C11H14O2S.C7H6O/c1-14-8-2-3-9-4-6-10(7-5-9)11(12)13;1-2-4-7-6(3-1)5-8-7/h4-7H,2-3,8H2,1H3,(H,12,13);1-4H,5H2. The SMILES string of the molecule is CSCCCc1ccc(C(=O)O)cc1.c1ccc2c(c1)CO2. The Morgan fingerprint density at radius 2 is 1.91 bits per heavy atom. The molecule has 2 aromatic carbocycles. The van der Waals surface area contributed by atoms with E-state index in [1.54, 1.807) is 12.1 Å². The molecule has 1 heterocycles. The first kappa shape index (κ1) is 16.4. The second-order valence-electron chi connectivity index (χ2n) is 4.99. The van der Waals surface area contributed by atoms with Crippen molar-refractivity contribution in [1.82, 2.24) is 0 Å². The lowest BCUT2D eigenvalue weighted by Crippen LogP contribution is -2.07. The molecule has 2 aromatic rings. The van der Waals surface area contributed by atoms with E-state index in [1.807, 2.05) is 42.1 Å². The number of para-hydroxylation sites is 1. The van der Waals surface area contributed by atoms with Crippen molar-refractivity contribution in [3.8, 4) is 5.75 Å². The molecular weight excluding hydrogens is 296 g/mol. The summed E-state index contributed by atoms with van der Waals surface area (Å²) < 4.78 is 5.08. The Morgan fingerprint density at radius 1 is 1.18 bits per heavy atom. The quantitative estimate of drug-likeness (QED) is 0.837. The van der Waals surface area contributed by atoms with Crippen LogP contribution in [0.2, 0.25) is 0 Å². The summed E-state index contributed by atoms with van der Waals surface area (Å²) in [6.07, 6.45) is 4.27. The molecule has 1 aliphatic heterocycles. The predicted octanol–water partition coefficient (Wildman–Crippen LogP) is 4.26. The topological polar surface area (TPSA) is 46.5 Å². The van der Waals surface area contributed by atoms with Gasteiger partial charge in [0.2, 0.25) is 0 Å². The zero-order valence-corrected chi connectivity index (χ0v) is 13.4. The van der Waals surface area contributed by atoms with Gasteiger partial charge < -0.3 is 9.84 Å². The molecule has 0 aliphatic carbocycles. The Labute approximate surface area is 135 Å². The van der Waals surface area contributed by atoms with Crippen molar-refractivity contribution in [1.29, 1.82) is 0 Å². The molecule has 0 radical (unpaired) electrons. The molecule has 0 spiro atoms. The van der Waals surface area contributed by atoms with Crippen molar-refractivity contribution in [2.75, 3.05) is 12.0 Å². The highest BCUT2D eigenvalue weighted by Crippen LogP contribution is 2.27. The summed E-state index contributed by atoms with van der Waals surface area (Å²) in [6, 6.07) is 15.2. The Morgan fingerprint density at radius 3 is 2.36 bits per heavy atom. The van der Waals surface area contributed by atoms with Gasteiger partial charge >= 0.3 is 5.97 Å². The number of aryl methyl sites for hydroxylation is 1. The van der Waals surface area contributed by atoms with E-state index in [0.717, 1.165) is 31.0 Å². The molecule has 0 aromatic heterocycles. The molecule has 0 atom stereocenters. The van der Waals surface area contributed by atoms with E-state index in [1.165, 1.54) is 11.1 Å². The van der Waals surface area contributed by atoms with Gasteiger partial charge in [-0.1, -0.05) is 30.3 Å². The minimum absolute atomic E-state index is 0.360. The summed E-state index contributed by atoms with van der Waals surface area (Å²) in [5, 5.41) is 8.69.